The Morgan fingerprint density at radius 2 is 1.03 bits per heavy atom. The van der Waals surface area contributed by atoms with Gasteiger partial charge in [-0.15, -0.1) is 0 Å². The van der Waals surface area contributed by atoms with Crippen LogP contribution in [-0.4, -0.2) is 114 Å². The monoisotopic (exact) mass is 1030 g/mol. The number of esters is 2. The normalized spacial score (nSPS) is 22.5. The van der Waals surface area contributed by atoms with E-state index in [2.05, 4.69) is 103 Å². The van der Waals surface area contributed by atoms with Crippen molar-refractivity contribution in [1.82, 2.24) is 0 Å². The van der Waals surface area contributed by atoms with Crippen LogP contribution in [0.15, 0.2) is 122 Å². The highest BCUT2D eigenvalue weighted by molar-refractivity contribution is 7.47. The number of hydrogen-bond acceptors (Lipinski definition) is 14. The van der Waals surface area contributed by atoms with Gasteiger partial charge < -0.3 is 49.7 Å². The zero-order valence-electron chi connectivity index (χ0n) is 40.7. The summed E-state index contributed by atoms with van der Waals surface area (Å²) in [5.74, 6) is -1.43. The summed E-state index contributed by atoms with van der Waals surface area (Å²) in [6.07, 6.45) is 36.0. The van der Waals surface area contributed by atoms with Gasteiger partial charge in [0.2, 0.25) is 0 Å². The number of carbonyl (C=O) groups is 2. The van der Waals surface area contributed by atoms with Gasteiger partial charge in [-0.2, -0.15) is 0 Å². The fourth-order valence-electron chi connectivity index (χ4n) is 6.42. The van der Waals surface area contributed by atoms with Gasteiger partial charge in [-0.1, -0.05) is 148 Å². The van der Waals surface area contributed by atoms with Gasteiger partial charge in [-0.3, -0.25) is 23.2 Å². The van der Waals surface area contributed by atoms with E-state index in [9.17, 15) is 58.9 Å². The van der Waals surface area contributed by atoms with Gasteiger partial charge in [-0.25, -0.2) is 9.13 Å². The van der Waals surface area contributed by atoms with Crippen LogP contribution in [-0.2, 0) is 41.8 Å². The lowest BCUT2D eigenvalue weighted by Crippen LogP contribution is -2.64. The Morgan fingerprint density at radius 1 is 0.529 bits per heavy atom. The lowest BCUT2D eigenvalue weighted by molar-refractivity contribution is -0.216. The summed E-state index contributed by atoms with van der Waals surface area (Å²) in [5.41, 5.74) is 0. The van der Waals surface area contributed by atoms with Crippen LogP contribution in [0.1, 0.15) is 123 Å². The molecule has 6 unspecified atom stereocenters. The SMILES string of the molecule is CC/C=C\C/C=C\C/C=C\C/C=C\C=C/C(O)C/C=C\CCC(=O)O[C@H](COC(=O)CCCCCC/C=C\C/C=C\C/C=C\C/C=C\CC)COP(=O)(O)O[C@H]1C(O)C(O)C(O)[C@@H](OP(=O)(O)O)C1O. The van der Waals surface area contributed by atoms with Crippen LogP contribution in [0.4, 0.5) is 0 Å². The summed E-state index contributed by atoms with van der Waals surface area (Å²) < 4.78 is 49.2. The number of phosphoric ester groups is 2. The van der Waals surface area contributed by atoms with Crippen LogP contribution in [0, 0.1) is 0 Å². The molecule has 0 radical (unpaired) electrons. The lowest BCUT2D eigenvalue weighted by Gasteiger charge is -2.43. The Bertz CT molecular complexity index is 1830. The number of phosphoric acid groups is 2. The van der Waals surface area contributed by atoms with E-state index in [-0.39, 0.29) is 25.7 Å². The molecule has 1 rings (SSSR count). The fraction of sp³-hybridized carbons (Fsp3) is 0.569. The molecule has 396 valence electrons. The Kier molecular flexibility index (Phi) is 36.7. The zero-order chi connectivity index (χ0) is 51.9. The summed E-state index contributed by atoms with van der Waals surface area (Å²) in [5, 5.41) is 51.5. The standard InChI is InChI=1S/C51H80O17P2/c1-3-5-7-9-11-13-15-17-18-19-20-22-24-26-28-30-34-38-44(53)64-40-43(41-65-70(62,63)68-51-48(57)46(55)47(56)50(49(51)58)67-69(59,60)61)66-45(54)39-35-31-33-37-42(52)36-32-29-27-25-23-21-16-14-12-10-8-6-4-2/h5-8,11-14,17-18,20-23,27,29,31-33,36,42-43,46-52,55-58H,3-4,9-10,15-16,19,24-26,28,30,34-35,37-41H2,1-2H3,(H,62,63)(H2,59,60,61)/b7-5-,8-6-,13-11-,14-12-,18-17-,22-20-,23-21-,29-27-,33-31-,36-32-/t42?,43-,46?,47?,48?,49?,50-,51+/m1/s1. The Morgan fingerprint density at radius 3 is 1.59 bits per heavy atom. The third-order valence-electron chi connectivity index (χ3n) is 10.1. The second kappa shape index (κ2) is 39.9. The molecule has 9 atom stereocenters. The molecule has 8 N–H and O–H groups in total. The van der Waals surface area contributed by atoms with Gasteiger partial charge in [0, 0.05) is 12.8 Å². The topological polar surface area (TPSA) is 276 Å². The van der Waals surface area contributed by atoms with Crippen molar-refractivity contribution in [2.45, 2.75) is 172 Å². The van der Waals surface area contributed by atoms with E-state index in [4.69, 9.17) is 18.5 Å². The number of hydrogen-bond donors (Lipinski definition) is 8. The maximum Gasteiger partial charge on any atom is 0.472 e. The molecule has 1 aliphatic rings. The first-order valence-electron chi connectivity index (χ1n) is 24.2. The Balaban J connectivity index is 2.70. The highest BCUT2D eigenvalue weighted by atomic mass is 31.2. The Hall–Kier alpha value is -3.64. The number of carbonyl (C=O) groups excluding carboxylic acids is 2. The lowest BCUT2D eigenvalue weighted by atomic mass is 9.85. The van der Waals surface area contributed by atoms with Crippen LogP contribution in [0.2, 0.25) is 0 Å². The van der Waals surface area contributed by atoms with Gasteiger partial charge in [-0.05, 0) is 83.5 Å². The molecule has 0 heterocycles. The molecule has 70 heavy (non-hydrogen) atoms. The smallest absolute Gasteiger partial charge is 0.462 e. The van der Waals surface area contributed by atoms with E-state index in [1.807, 2.05) is 12.2 Å². The van der Waals surface area contributed by atoms with Gasteiger partial charge in [0.05, 0.1) is 12.7 Å². The van der Waals surface area contributed by atoms with Crippen LogP contribution < -0.4 is 0 Å². The second-order valence-corrected chi connectivity index (χ2v) is 18.9. The summed E-state index contributed by atoms with van der Waals surface area (Å²) >= 11 is 0. The van der Waals surface area contributed by atoms with Crippen molar-refractivity contribution < 1.29 is 82.0 Å². The molecule has 0 amide bonds. The highest BCUT2D eigenvalue weighted by Gasteiger charge is 2.54. The average Bonchev–Trinajstić information content (AvgIpc) is 3.31. The molecule has 0 aromatic carbocycles. The van der Waals surface area contributed by atoms with Crippen molar-refractivity contribution in [2.24, 2.45) is 0 Å². The highest BCUT2D eigenvalue weighted by Crippen LogP contribution is 2.49. The molecule has 0 aromatic heterocycles. The second-order valence-electron chi connectivity index (χ2n) is 16.3. The van der Waals surface area contributed by atoms with Crippen LogP contribution in [0.25, 0.3) is 0 Å². The predicted molar refractivity (Wildman–Crippen MR) is 270 cm³/mol. The largest absolute Gasteiger partial charge is 0.472 e. The number of rotatable bonds is 38. The molecule has 0 saturated heterocycles. The van der Waals surface area contributed by atoms with E-state index in [0.717, 1.165) is 77.0 Å². The van der Waals surface area contributed by atoms with E-state index in [1.54, 1.807) is 24.3 Å². The molecule has 0 aromatic rings. The van der Waals surface area contributed by atoms with E-state index >= 15 is 0 Å². The molecular formula is C51H80O17P2. The van der Waals surface area contributed by atoms with Crippen molar-refractivity contribution >= 4 is 27.6 Å². The van der Waals surface area contributed by atoms with Crippen LogP contribution >= 0.6 is 15.6 Å². The van der Waals surface area contributed by atoms with E-state index in [0.29, 0.717) is 6.42 Å². The molecule has 17 nitrogen and oxygen atoms in total. The Labute approximate surface area is 414 Å². The quantitative estimate of drug-likeness (QED) is 0.00946. The van der Waals surface area contributed by atoms with Gasteiger partial charge in [0.1, 0.15) is 43.2 Å². The molecule has 0 aliphatic heterocycles. The van der Waals surface area contributed by atoms with E-state index < -0.39 is 89.6 Å². The number of ether oxygens (including phenoxy) is 2. The number of aliphatic hydroxyl groups excluding tert-OH is 5. The van der Waals surface area contributed by atoms with Crippen LogP contribution in [0.3, 0.4) is 0 Å². The summed E-state index contributed by atoms with van der Waals surface area (Å²) in [6, 6.07) is 0. The fourth-order valence-corrected chi connectivity index (χ4v) is 7.96. The first-order valence-corrected chi connectivity index (χ1v) is 27.2. The van der Waals surface area contributed by atoms with Gasteiger partial charge in [0.25, 0.3) is 0 Å². The van der Waals surface area contributed by atoms with Crippen LogP contribution in [0.5, 0.6) is 0 Å². The summed E-state index contributed by atoms with van der Waals surface area (Å²) in [7, 11) is -10.8. The minimum atomic E-state index is -5.40. The number of allylic oxidation sites excluding steroid dienone is 18. The zero-order valence-corrected chi connectivity index (χ0v) is 42.5. The molecule has 1 saturated carbocycles. The molecule has 1 aliphatic carbocycles. The van der Waals surface area contributed by atoms with Gasteiger partial charge in [0.15, 0.2) is 6.10 Å². The molecule has 1 fully saturated rings. The molecule has 19 heteroatoms. The van der Waals surface area contributed by atoms with E-state index in [1.165, 1.54) is 0 Å². The molecular weight excluding hydrogens is 946 g/mol. The first-order chi connectivity index (χ1) is 33.5. The minimum Gasteiger partial charge on any atom is -0.462 e. The number of unbranched alkanes of at least 4 members (excludes halogenated alkanes) is 4. The van der Waals surface area contributed by atoms with Crippen molar-refractivity contribution in [3.8, 4) is 0 Å². The maximum atomic E-state index is 13.0. The first kappa shape index (κ1) is 64.4. The van der Waals surface area contributed by atoms with Crippen molar-refractivity contribution in [1.29, 1.82) is 0 Å². The average molecular weight is 1030 g/mol. The predicted octanol–water partition coefficient (Wildman–Crippen LogP) is 8.47. The molecule has 0 spiro atoms. The minimum absolute atomic E-state index is 0.0475. The van der Waals surface area contributed by atoms with Crippen molar-refractivity contribution in [3.63, 3.8) is 0 Å². The van der Waals surface area contributed by atoms with Crippen molar-refractivity contribution in [3.05, 3.63) is 122 Å². The third kappa shape index (κ3) is 33.9. The number of aliphatic hydroxyl groups is 5. The summed E-state index contributed by atoms with van der Waals surface area (Å²) in [6.45, 7) is 2.70. The van der Waals surface area contributed by atoms with Crippen molar-refractivity contribution in [2.75, 3.05) is 13.2 Å². The molecule has 0 bridgehead atoms. The maximum absolute atomic E-state index is 13.0. The van der Waals surface area contributed by atoms with Gasteiger partial charge >= 0.3 is 27.6 Å². The summed E-state index contributed by atoms with van der Waals surface area (Å²) in [4.78, 5) is 54.3. The third-order valence-corrected chi connectivity index (χ3v) is 11.6.